The maximum absolute atomic E-state index is 12.3. The van der Waals surface area contributed by atoms with Gasteiger partial charge in [0.1, 0.15) is 6.61 Å². The van der Waals surface area contributed by atoms with E-state index in [0.29, 0.717) is 19.5 Å². The Morgan fingerprint density at radius 3 is 2.87 bits per heavy atom. The van der Waals surface area contributed by atoms with Gasteiger partial charge in [0.15, 0.2) is 0 Å². The maximum Gasteiger partial charge on any atom is 0.410 e. The van der Waals surface area contributed by atoms with Crippen LogP contribution in [-0.2, 0) is 11.3 Å². The second-order valence-corrected chi connectivity index (χ2v) is 5.35. The van der Waals surface area contributed by atoms with E-state index >= 15 is 0 Å². The van der Waals surface area contributed by atoms with E-state index < -0.39 is 0 Å². The van der Waals surface area contributed by atoms with E-state index in [4.69, 9.17) is 16.0 Å². The highest BCUT2D eigenvalue weighted by Crippen LogP contribution is 2.20. The van der Waals surface area contributed by atoms with E-state index in [9.17, 15) is 4.79 Å². The smallest absolute Gasteiger partial charge is 0.410 e. The minimum absolute atomic E-state index is 0. The summed E-state index contributed by atoms with van der Waals surface area (Å²) in [5.74, 6) is 0. The Morgan fingerprint density at radius 1 is 1.43 bits per heavy atom. The van der Waals surface area contributed by atoms with Crippen LogP contribution in [0.5, 0.6) is 0 Å². The standard InChI is InChI=1S/C15H21N5O2.ClH/c16-13-7-4-10-20(14(13)8-9-18-19-17)15(21)22-11-12-5-2-1-3-6-12;/h1-3,5-6,13-14H,4,7-11,16H2;1H. The number of nitrogens with two attached hydrogens (primary N) is 1. The van der Waals surface area contributed by atoms with E-state index in [-0.39, 0.29) is 37.2 Å². The number of hydrogen-bond acceptors (Lipinski definition) is 4. The van der Waals surface area contributed by atoms with Gasteiger partial charge in [-0.3, -0.25) is 0 Å². The Kier molecular flexibility index (Phi) is 8.26. The number of hydrogen-bond donors (Lipinski definition) is 1. The van der Waals surface area contributed by atoms with Crippen molar-refractivity contribution in [1.29, 1.82) is 0 Å². The molecule has 1 aliphatic heterocycles. The highest BCUT2D eigenvalue weighted by molar-refractivity contribution is 5.85. The first kappa shape index (κ1) is 19.1. The molecule has 1 aromatic rings. The zero-order valence-corrected chi connectivity index (χ0v) is 13.7. The molecule has 0 saturated carbocycles. The van der Waals surface area contributed by atoms with Crippen molar-refractivity contribution in [2.24, 2.45) is 10.8 Å². The van der Waals surface area contributed by atoms with Crippen LogP contribution in [0, 0.1) is 0 Å². The van der Waals surface area contributed by atoms with Gasteiger partial charge in [-0.25, -0.2) is 4.79 Å². The van der Waals surface area contributed by atoms with Gasteiger partial charge in [0, 0.05) is 24.0 Å². The lowest BCUT2D eigenvalue weighted by Crippen LogP contribution is -2.54. The summed E-state index contributed by atoms with van der Waals surface area (Å²) in [4.78, 5) is 16.7. The van der Waals surface area contributed by atoms with E-state index in [1.807, 2.05) is 30.3 Å². The number of amides is 1. The number of azide groups is 1. The summed E-state index contributed by atoms with van der Waals surface area (Å²) >= 11 is 0. The number of likely N-dealkylation sites (tertiary alicyclic amines) is 1. The van der Waals surface area contributed by atoms with Crippen LogP contribution in [0.25, 0.3) is 10.4 Å². The number of halogens is 1. The van der Waals surface area contributed by atoms with Crippen LogP contribution in [0.2, 0.25) is 0 Å². The molecule has 7 nitrogen and oxygen atoms in total. The van der Waals surface area contributed by atoms with E-state index in [1.165, 1.54) is 0 Å². The molecule has 8 heteroatoms. The van der Waals surface area contributed by atoms with Crippen molar-refractivity contribution < 1.29 is 9.53 Å². The minimum atomic E-state index is -0.357. The molecule has 1 aliphatic rings. The fourth-order valence-corrected chi connectivity index (χ4v) is 2.72. The van der Waals surface area contributed by atoms with Crippen LogP contribution in [0.4, 0.5) is 4.79 Å². The molecule has 0 bridgehead atoms. The van der Waals surface area contributed by atoms with Crippen molar-refractivity contribution in [3.05, 3.63) is 46.3 Å². The molecule has 2 rings (SSSR count). The van der Waals surface area contributed by atoms with E-state index in [0.717, 1.165) is 18.4 Å². The Morgan fingerprint density at radius 2 is 2.17 bits per heavy atom. The summed E-state index contributed by atoms with van der Waals surface area (Å²) in [7, 11) is 0. The maximum atomic E-state index is 12.3. The topological polar surface area (TPSA) is 104 Å². The molecule has 2 atom stereocenters. The van der Waals surface area contributed by atoms with Crippen molar-refractivity contribution in [2.75, 3.05) is 13.1 Å². The summed E-state index contributed by atoms with van der Waals surface area (Å²) in [6.45, 7) is 1.20. The molecular weight excluding hydrogens is 318 g/mol. The molecule has 1 heterocycles. The lowest BCUT2D eigenvalue weighted by Gasteiger charge is -2.38. The molecule has 1 aromatic carbocycles. The number of rotatable bonds is 5. The summed E-state index contributed by atoms with van der Waals surface area (Å²) in [5, 5.41) is 3.53. The largest absolute Gasteiger partial charge is 0.445 e. The summed E-state index contributed by atoms with van der Waals surface area (Å²) in [5.41, 5.74) is 15.4. The van der Waals surface area contributed by atoms with Crippen LogP contribution in [0.3, 0.4) is 0 Å². The molecule has 1 fully saturated rings. The normalized spacial score (nSPS) is 20.1. The van der Waals surface area contributed by atoms with Gasteiger partial charge in [-0.15, -0.1) is 12.4 Å². The number of piperidine rings is 1. The molecule has 0 radical (unpaired) electrons. The zero-order valence-electron chi connectivity index (χ0n) is 12.9. The second kappa shape index (κ2) is 9.94. The third-order valence-electron chi connectivity index (χ3n) is 3.86. The number of ether oxygens (including phenoxy) is 1. The highest BCUT2D eigenvalue weighted by atomic mass is 35.5. The van der Waals surface area contributed by atoms with Gasteiger partial charge in [-0.2, -0.15) is 0 Å². The van der Waals surface area contributed by atoms with Crippen LogP contribution in [0.15, 0.2) is 35.4 Å². The molecule has 2 N–H and O–H groups in total. The number of nitrogens with zero attached hydrogens (tertiary/aromatic N) is 4. The molecule has 0 aromatic heterocycles. The molecule has 0 aliphatic carbocycles. The van der Waals surface area contributed by atoms with Crippen molar-refractivity contribution in [2.45, 2.75) is 38.0 Å². The second-order valence-electron chi connectivity index (χ2n) is 5.35. The lowest BCUT2D eigenvalue weighted by atomic mass is 9.95. The first-order chi connectivity index (χ1) is 10.7. The zero-order chi connectivity index (χ0) is 15.8. The number of carbonyl (C=O) groups is 1. The average Bonchev–Trinajstić information content (AvgIpc) is 2.55. The molecule has 23 heavy (non-hydrogen) atoms. The molecule has 2 unspecified atom stereocenters. The SMILES string of the molecule is Cl.[N-]=[N+]=NCCC1C(N)CCCN1C(=O)OCc1ccccc1. The van der Waals surface area contributed by atoms with Crippen LogP contribution >= 0.6 is 12.4 Å². The van der Waals surface area contributed by atoms with Gasteiger partial charge >= 0.3 is 6.09 Å². The number of carbonyl (C=O) groups excluding carboxylic acids is 1. The summed E-state index contributed by atoms with van der Waals surface area (Å²) in [6, 6.07) is 9.31. The van der Waals surface area contributed by atoms with Crippen molar-refractivity contribution in [3.8, 4) is 0 Å². The van der Waals surface area contributed by atoms with Gasteiger partial charge in [0.25, 0.3) is 0 Å². The van der Waals surface area contributed by atoms with Crippen LogP contribution < -0.4 is 5.73 Å². The Balaban J connectivity index is 0.00000264. The van der Waals surface area contributed by atoms with Crippen LogP contribution in [0.1, 0.15) is 24.8 Å². The fourth-order valence-electron chi connectivity index (χ4n) is 2.72. The summed E-state index contributed by atoms with van der Waals surface area (Å²) in [6.07, 6.45) is 1.93. The number of benzene rings is 1. The monoisotopic (exact) mass is 339 g/mol. The van der Waals surface area contributed by atoms with Crippen molar-refractivity contribution in [3.63, 3.8) is 0 Å². The predicted molar refractivity (Wildman–Crippen MR) is 90.2 cm³/mol. The quantitative estimate of drug-likeness (QED) is 0.505. The molecule has 1 amide bonds. The molecule has 1 saturated heterocycles. The highest BCUT2D eigenvalue weighted by Gasteiger charge is 2.32. The fraction of sp³-hybridized carbons (Fsp3) is 0.533. The Labute approximate surface area is 141 Å². The van der Waals surface area contributed by atoms with Gasteiger partial charge in [0.05, 0.1) is 6.04 Å². The third-order valence-corrected chi connectivity index (χ3v) is 3.86. The third kappa shape index (κ3) is 5.63. The first-order valence-electron chi connectivity index (χ1n) is 7.46. The molecule has 126 valence electrons. The Bertz CT molecular complexity index is 536. The summed E-state index contributed by atoms with van der Waals surface area (Å²) < 4.78 is 5.38. The van der Waals surface area contributed by atoms with E-state index in [1.54, 1.807) is 4.90 Å². The van der Waals surface area contributed by atoms with Gasteiger partial charge < -0.3 is 15.4 Å². The first-order valence-corrected chi connectivity index (χ1v) is 7.46. The van der Waals surface area contributed by atoms with Gasteiger partial charge in [-0.1, -0.05) is 35.4 Å². The average molecular weight is 340 g/mol. The minimum Gasteiger partial charge on any atom is -0.445 e. The predicted octanol–water partition coefficient (Wildman–Crippen LogP) is 3.24. The van der Waals surface area contributed by atoms with Gasteiger partial charge in [-0.05, 0) is 30.4 Å². The Hall–Kier alpha value is -1.95. The van der Waals surface area contributed by atoms with Crippen molar-refractivity contribution >= 4 is 18.5 Å². The van der Waals surface area contributed by atoms with Gasteiger partial charge in [0.2, 0.25) is 0 Å². The van der Waals surface area contributed by atoms with E-state index in [2.05, 4.69) is 10.0 Å². The van der Waals surface area contributed by atoms with Crippen molar-refractivity contribution in [1.82, 2.24) is 4.90 Å². The lowest BCUT2D eigenvalue weighted by molar-refractivity contribution is 0.0604. The molecular formula is C15H22ClN5O2. The van der Waals surface area contributed by atoms with Crippen LogP contribution in [-0.4, -0.2) is 36.2 Å². The molecule has 0 spiro atoms.